The number of halogens is 1. The van der Waals surface area contributed by atoms with Crippen LogP contribution in [0.4, 0.5) is 5.69 Å². The molecule has 0 heterocycles. The van der Waals surface area contributed by atoms with Gasteiger partial charge in [-0.15, -0.1) is 0 Å². The summed E-state index contributed by atoms with van der Waals surface area (Å²) in [5.41, 5.74) is 5.64. The van der Waals surface area contributed by atoms with Crippen LogP contribution < -0.4 is 14.9 Å². The monoisotopic (exact) mass is 318 g/mol. The number of anilines is 1. The number of methoxy groups -OCH3 is 1. The smallest absolute Gasteiger partial charge is 0.169 e. The van der Waals surface area contributed by atoms with E-state index < -0.39 is 0 Å². The molecule has 5 heteroatoms. The van der Waals surface area contributed by atoms with Crippen molar-refractivity contribution in [1.29, 1.82) is 0 Å². The Kier molecular flexibility index (Phi) is 5.67. The van der Waals surface area contributed by atoms with Gasteiger partial charge in [0.1, 0.15) is 0 Å². The first-order chi connectivity index (χ1) is 10.7. The molecule has 2 aromatic rings. The molecule has 0 aliphatic heterocycles. The number of aryl methyl sites for hydroxylation is 1. The third kappa shape index (κ3) is 3.92. The minimum absolute atomic E-state index is 0.580. The third-order valence-corrected chi connectivity index (χ3v) is 3.49. The number of para-hydroxylation sites is 1. The molecule has 0 fully saturated rings. The second-order valence-electron chi connectivity index (χ2n) is 4.65. The molecule has 0 saturated heterocycles. The van der Waals surface area contributed by atoms with Crippen LogP contribution in [0.5, 0.6) is 11.5 Å². The molecule has 2 aromatic carbocycles. The summed E-state index contributed by atoms with van der Waals surface area (Å²) in [7, 11) is 1.61. The topological polar surface area (TPSA) is 42.8 Å². The lowest BCUT2D eigenvalue weighted by Gasteiger charge is -2.11. The molecule has 2 rings (SSSR count). The molecule has 4 nitrogen and oxygen atoms in total. The van der Waals surface area contributed by atoms with Gasteiger partial charge >= 0.3 is 0 Å². The van der Waals surface area contributed by atoms with Crippen LogP contribution in [0.1, 0.15) is 18.1 Å². The van der Waals surface area contributed by atoms with Crippen molar-refractivity contribution < 1.29 is 9.47 Å². The highest BCUT2D eigenvalue weighted by atomic mass is 35.5. The fraction of sp³-hybridized carbons (Fsp3) is 0.235. The lowest BCUT2D eigenvalue weighted by Crippen LogP contribution is -1.99. The van der Waals surface area contributed by atoms with E-state index in [1.165, 1.54) is 0 Å². The second kappa shape index (κ2) is 7.71. The molecule has 0 aliphatic rings. The van der Waals surface area contributed by atoms with Gasteiger partial charge in [0.05, 0.1) is 25.6 Å². The number of nitrogens with zero attached hydrogens (tertiary/aromatic N) is 1. The zero-order valence-corrected chi connectivity index (χ0v) is 13.6. The number of benzene rings is 2. The standard InChI is InChI=1S/C17H19ClN2O2/c1-4-22-16-7-5-6-13(17(16)21-3)11-19-20-14-9-8-12(2)15(18)10-14/h5-11,20H,4H2,1-3H3/b19-11+. The molecule has 0 spiro atoms. The van der Waals surface area contributed by atoms with Crippen LogP contribution in [0.15, 0.2) is 41.5 Å². The lowest BCUT2D eigenvalue weighted by atomic mass is 10.2. The van der Waals surface area contributed by atoms with Crippen LogP contribution in [0.25, 0.3) is 0 Å². The molecule has 1 N–H and O–H groups in total. The Morgan fingerprint density at radius 3 is 2.77 bits per heavy atom. The average Bonchev–Trinajstić information content (AvgIpc) is 2.51. The Morgan fingerprint density at radius 2 is 2.09 bits per heavy atom. The fourth-order valence-corrected chi connectivity index (χ4v) is 2.14. The van der Waals surface area contributed by atoms with Crippen molar-refractivity contribution in [3.05, 3.63) is 52.5 Å². The summed E-state index contributed by atoms with van der Waals surface area (Å²) in [6, 6.07) is 11.4. The number of hydrogen-bond donors (Lipinski definition) is 1. The predicted octanol–water partition coefficient (Wildman–Crippen LogP) is 4.50. The summed E-state index contributed by atoms with van der Waals surface area (Å²) < 4.78 is 10.9. The third-order valence-electron chi connectivity index (χ3n) is 3.08. The van der Waals surface area contributed by atoms with Crippen LogP contribution in [0, 0.1) is 6.92 Å². The fourth-order valence-electron chi connectivity index (χ4n) is 1.96. The van der Waals surface area contributed by atoms with Gasteiger partial charge in [0.2, 0.25) is 0 Å². The van der Waals surface area contributed by atoms with Crippen molar-refractivity contribution >= 4 is 23.5 Å². The minimum atomic E-state index is 0.580. The van der Waals surface area contributed by atoms with E-state index in [1.54, 1.807) is 13.3 Å². The number of hydrazone groups is 1. The van der Waals surface area contributed by atoms with Gasteiger partial charge in [-0.25, -0.2) is 0 Å². The molecule has 0 atom stereocenters. The van der Waals surface area contributed by atoms with Gasteiger partial charge < -0.3 is 9.47 Å². The van der Waals surface area contributed by atoms with Crippen LogP contribution in [-0.4, -0.2) is 19.9 Å². The number of hydrogen-bond acceptors (Lipinski definition) is 4. The minimum Gasteiger partial charge on any atom is -0.492 e. The van der Waals surface area contributed by atoms with Crippen LogP contribution in [0.3, 0.4) is 0 Å². The van der Waals surface area contributed by atoms with Crippen LogP contribution >= 0.6 is 11.6 Å². The maximum Gasteiger partial charge on any atom is 0.169 e. The molecular weight excluding hydrogens is 300 g/mol. The molecule has 0 unspecified atom stereocenters. The lowest BCUT2D eigenvalue weighted by molar-refractivity contribution is 0.311. The highest BCUT2D eigenvalue weighted by Crippen LogP contribution is 2.30. The van der Waals surface area contributed by atoms with E-state index in [9.17, 15) is 0 Å². The van der Waals surface area contributed by atoms with E-state index in [-0.39, 0.29) is 0 Å². The van der Waals surface area contributed by atoms with Gasteiger partial charge in [0.15, 0.2) is 11.5 Å². The van der Waals surface area contributed by atoms with Crippen molar-refractivity contribution in [3.8, 4) is 11.5 Å². The Bertz CT molecular complexity index is 672. The SMILES string of the molecule is CCOc1cccc(/C=N/Nc2ccc(C)c(Cl)c2)c1OC. The number of ether oxygens (including phenoxy) is 2. The first-order valence-corrected chi connectivity index (χ1v) is 7.38. The van der Waals surface area contributed by atoms with Crippen molar-refractivity contribution in [3.63, 3.8) is 0 Å². The van der Waals surface area contributed by atoms with Gasteiger partial charge in [-0.3, -0.25) is 5.43 Å². The first-order valence-electron chi connectivity index (χ1n) is 7.00. The molecule has 116 valence electrons. The van der Waals surface area contributed by atoms with Crippen LogP contribution in [0.2, 0.25) is 5.02 Å². The molecule has 0 radical (unpaired) electrons. The highest BCUT2D eigenvalue weighted by molar-refractivity contribution is 6.31. The van der Waals surface area contributed by atoms with E-state index in [0.29, 0.717) is 23.1 Å². The zero-order chi connectivity index (χ0) is 15.9. The van der Waals surface area contributed by atoms with Crippen molar-refractivity contribution in [2.24, 2.45) is 5.10 Å². The molecule has 22 heavy (non-hydrogen) atoms. The Balaban J connectivity index is 2.15. The van der Waals surface area contributed by atoms with E-state index in [4.69, 9.17) is 21.1 Å². The molecule has 0 amide bonds. The average molecular weight is 319 g/mol. The van der Waals surface area contributed by atoms with Gasteiger partial charge in [-0.1, -0.05) is 23.7 Å². The van der Waals surface area contributed by atoms with E-state index in [0.717, 1.165) is 16.8 Å². The number of rotatable bonds is 6. The van der Waals surface area contributed by atoms with Crippen molar-refractivity contribution in [2.75, 3.05) is 19.1 Å². The van der Waals surface area contributed by atoms with E-state index in [1.807, 2.05) is 50.2 Å². The normalized spacial score (nSPS) is 10.7. The van der Waals surface area contributed by atoms with E-state index in [2.05, 4.69) is 10.5 Å². The van der Waals surface area contributed by atoms with Gasteiger partial charge in [-0.05, 0) is 43.7 Å². The first kappa shape index (κ1) is 16.2. The van der Waals surface area contributed by atoms with E-state index >= 15 is 0 Å². The summed E-state index contributed by atoms with van der Waals surface area (Å²) in [6.07, 6.45) is 1.69. The quantitative estimate of drug-likeness (QED) is 0.630. The van der Waals surface area contributed by atoms with Gasteiger partial charge in [0, 0.05) is 10.6 Å². The molecule has 0 aliphatic carbocycles. The largest absolute Gasteiger partial charge is 0.492 e. The van der Waals surface area contributed by atoms with Crippen molar-refractivity contribution in [2.45, 2.75) is 13.8 Å². The molecule has 0 bridgehead atoms. The van der Waals surface area contributed by atoms with Crippen LogP contribution in [-0.2, 0) is 0 Å². The second-order valence-corrected chi connectivity index (χ2v) is 5.05. The summed E-state index contributed by atoms with van der Waals surface area (Å²) in [5, 5.41) is 4.93. The molecule has 0 saturated carbocycles. The molecular formula is C17H19ClN2O2. The maximum atomic E-state index is 6.08. The maximum absolute atomic E-state index is 6.08. The Hall–Kier alpha value is -2.20. The Morgan fingerprint density at radius 1 is 1.27 bits per heavy atom. The van der Waals surface area contributed by atoms with Crippen molar-refractivity contribution in [1.82, 2.24) is 0 Å². The summed E-state index contributed by atoms with van der Waals surface area (Å²) in [4.78, 5) is 0. The summed E-state index contributed by atoms with van der Waals surface area (Å²) in [5.74, 6) is 1.36. The summed E-state index contributed by atoms with van der Waals surface area (Å²) >= 11 is 6.08. The highest BCUT2D eigenvalue weighted by Gasteiger charge is 2.07. The summed E-state index contributed by atoms with van der Waals surface area (Å²) in [6.45, 7) is 4.47. The molecule has 0 aromatic heterocycles. The zero-order valence-electron chi connectivity index (χ0n) is 12.9. The van der Waals surface area contributed by atoms with Gasteiger partial charge in [0.25, 0.3) is 0 Å². The number of nitrogens with one attached hydrogen (secondary N) is 1. The van der Waals surface area contributed by atoms with Gasteiger partial charge in [-0.2, -0.15) is 5.10 Å². The predicted molar refractivity (Wildman–Crippen MR) is 91.6 cm³/mol. The Labute approximate surface area is 135 Å².